The number of nitrogens with one attached hydrogen (secondary N) is 2. The fourth-order valence-corrected chi connectivity index (χ4v) is 1.59. The molecule has 0 aliphatic heterocycles. The molecule has 1 amide bonds. The van der Waals surface area contributed by atoms with E-state index in [1.54, 1.807) is 6.07 Å². The number of fused-ring (bicyclic) bond motifs is 1. The molecule has 0 atom stereocenters. The number of benzene rings is 1. The van der Waals surface area contributed by atoms with Crippen LogP contribution in [0.4, 0.5) is 0 Å². The number of nitrogens with zero attached hydrogens (tertiary/aromatic N) is 1. The number of hydrogen-bond donors (Lipinski definition) is 3. The second-order valence-corrected chi connectivity index (χ2v) is 3.44. The number of aromatic amines is 1. The van der Waals surface area contributed by atoms with Crippen molar-refractivity contribution < 1.29 is 9.63 Å². The second kappa shape index (κ2) is 4.26. The first-order chi connectivity index (χ1) is 8.13. The quantitative estimate of drug-likeness (QED) is 0.410. The summed E-state index contributed by atoms with van der Waals surface area (Å²) in [6, 6.07) is 9.17. The van der Waals surface area contributed by atoms with Crippen LogP contribution in [-0.2, 0) is 4.84 Å². The summed E-state index contributed by atoms with van der Waals surface area (Å²) in [5, 5.41) is 8.84. The van der Waals surface area contributed by atoms with Crippen molar-refractivity contribution in [3.8, 4) is 0 Å². The number of hydrogen-bond acceptors (Lipinski definition) is 3. The normalized spacial score (nSPS) is 10.4. The Morgan fingerprint density at radius 2 is 2.18 bits per heavy atom. The molecule has 0 spiro atoms. The van der Waals surface area contributed by atoms with Crippen LogP contribution in [0.25, 0.3) is 10.9 Å². The number of para-hydroxylation sites is 1. The van der Waals surface area contributed by atoms with E-state index >= 15 is 0 Å². The molecule has 0 aliphatic carbocycles. The zero-order valence-electron chi connectivity index (χ0n) is 9.23. The maximum atomic E-state index is 11.9. The van der Waals surface area contributed by atoms with Gasteiger partial charge in [0.25, 0.3) is 0 Å². The maximum absolute atomic E-state index is 11.9. The van der Waals surface area contributed by atoms with Crippen LogP contribution in [0.5, 0.6) is 0 Å². The topological polar surface area (TPSA) is 95.2 Å². The maximum Gasteiger partial charge on any atom is 0.301 e. The summed E-state index contributed by atoms with van der Waals surface area (Å²) in [5.74, 6) is -0.965. The van der Waals surface area contributed by atoms with Crippen molar-refractivity contribution in [2.45, 2.75) is 0 Å². The largest absolute Gasteiger partial charge is 0.368 e. The molecule has 2 aromatic rings. The Morgan fingerprint density at radius 1 is 1.47 bits per heavy atom. The second-order valence-electron chi connectivity index (χ2n) is 3.44. The molecule has 88 valence electrons. The van der Waals surface area contributed by atoms with Crippen molar-refractivity contribution in [3.05, 3.63) is 36.0 Å². The van der Waals surface area contributed by atoms with E-state index in [9.17, 15) is 4.79 Å². The number of nitrogens with two attached hydrogens (primary N) is 1. The fourth-order valence-electron chi connectivity index (χ4n) is 1.59. The smallest absolute Gasteiger partial charge is 0.301 e. The van der Waals surface area contributed by atoms with E-state index in [0.717, 1.165) is 10.9 Å². The van der Waals surface area contributed by atoms with Gasteiger partial charge in [0.2, 0.25) is 5.96 Å². The van der Waals surface area contributed by atoms with Crippen molar-refractivity contribution in [2.24, 2.45) is 5.73 Å². The number of H-pyrrole nitrogens is 1. The van der Waals surface area contributed by atoms with Gasteiger partial charge in [-0.3, -0.25) is 15.0 Å². The van der Waals surface area contributed by atoms with Crippen molar-refractivity contribution in [3.63, 3.8) is 0 Å². The van der Waals surface area contributed by atoms with Gasteiger partial charge in [-0.05, 0) is 12.1 Å². The average Bonchev–Trinajstić information content (AvgIpc) is 2.72. The molecule has 0 bridgehead atoms. The van der Waals surface area contributed by atoms with Gasteiger partial charge in [0.15, 0.2) is 0 Å². The fraction of sp³-hybridized carbons (Fsp3) is 0.0909. The lowest BCUT2D eigenvalue weighted by Gasteiger charge is -2.15. The molecule has 6 nitrogen and oxygen atoms in total. The third-order valence-electron chi connectivity index (χ3n) is 2.35. The molecule has 0 unspecified atom stereocenters. The summed E-state index contributed by atoms with van der Waals surface area (Å²) < 4.78 is 0. The highest BCUT2D eigenvalue weighted by Crippen LogP contribution is 2.15. The molecule has 0 aliphatic rings. The highest BCUT2D eigenvalue weighted by atomic mass is 16.7. The van der Waals surface area contributed by atoms with E-state index in [1.165, 1.54) is 7.11 Å². The van der Waals surface area contributed by atoms with Gasteiger partial charge in [-0.1, -0.05) is 18.2 Å². The Hall–Kier alpha value is -2.34. The number of aromatic nitrogens is 1. The predicted molar refractivity (Wildman–Crippen MR) is 63.4 cm³/mol. The number of carbonyl (C=O) groups excluding carboxylic acids is 1. The first kappa shape index (κ1) is 11.2. The van der Waals surface area contributed by atoms with E-state index in [1.807, 2.05) is 24.3 Å². The van der Waals surface area contributed by atoms with Gasteiger partial charge in [-0.15, -0.1) is 5.06 Å². The van der Waals surface area contributed by atoms with Gasteiger partial charge < -0.3 is 10.7 Å². The molecule has 4 N–H and O–H groups in total. The SMILES string of the molecule is CON(C(=N)N)C(=O)c1cc2ccccc2[nH]1. The molecular weight excluding hydrogens is 220 g/mol. The summed E-state index contributed by atoms with van der Waals surface area (Å²) in [5.41, 5.74) is 6.39. The molecule has 6 heteroatoms. The monoisotopic (exact) mass is 232 g/mol. The lowest BCUT2D eigenvalue weighted by molar-refractivity contribution is -0.0424. The van der Waals surface area contributed by atoms with E-state index in [2.05, 4.69) is 4.98 Å². The number of hydroxylamine groups is 2. The molecular formula is C11H12N4O2. The summed E-state index contributed by atoms with van der Waals surface area (Å²) in [4.78, 5) is 19.6. The van der Waals surface area contributed by atoms with Crippen LogP contribution in [0.1, 0.15) is 10.5 Å². The highest BCUT2D eigenvalue weighted by Gasteiger charge is 2.20. The van der Waals surface area contributed by atoms with Crippen LogP contribution in [0.15, 0.2) is 30.3 Å². The zero-order chi connectivity index (χ0) is 12.4. The van der Waals surface area contributed by atoms with Crippen LogP contribution >= 0.6 is 0 Å². The number of rotatable bonds is 2. The third-order valence-corrected chi connectivity index (χ3v) is 2.35. The molecule has 0 fully saturated rings. The Labute approximate surface area is 97.4 Å². The number of carbonyl (C=O) groups is 1. The van der Waals surface area contributed by atoms with Crippen LogP contribution in [-0.4, -0.2) is 29.0 Å². The average molecular weight is 232 g/mol. The molecule has 17 heavy (non-hydrogen) atoms. The van der Waals surface area contributed by atoms with E-state index in [-0.39, 0.29) is 0 Å². The number of amides is 1. The van der Waals surface area contributed by atoms with Gasteiger partial charge in [0.1, 0.15) is 5.69 Å². The molecule has 0 saturated carbocycles. The first-order valence-electron chi connectivity index (χ1n) is 4.94. The molecule has 1 aromatic heterocycles. The van der Waals surface area contributed by atoms with Gasteiger partial charge in [0.05, 0.1) is 7.11 Å². The first-order valence-corrected chi connectivity index (χ1v) is 4.94. The van der Waals surface area contributed by atoms with Gasteiger partial charge in [0, 0.05) is 10.9 Å². The van der Waals surface area contributed by atoms with Crippen molar-refractivity contribution >= 4 is 22.8 Å². The van der Waals surface area contributed by atoms with E-state index in [4.69, 9.17) is 16.0 Å². The summed E-state index contributed by atoms with van der Waals surface area (Å²) in [6.07, 6.45) is 0. The minimum Gasteiger partial charge on any atom is -0.368 e. The van der Waals surface area contributed by atoms with Crippen LogP contribution in [0.2, 0.25) is 0 Å². The Balaban J connectivity index is 2.39. The van der Waals surface area contributed by atoms with Crippen LogP contribution < -0.4 is 5.73 Å². The molecule has 2 rings (SSSR count). The molecule has 0 saturated heterocycles. The van der Waals surface area contributed by atoms with Gasteiger partial charge >= 0.3 is 5.91 Å². The van der Waals surface area contributed by atoms with Crippen molar-refractivity contribution in [1.82, 2.24) is 10.0 Å². The molecule has 1 aromatic carbocycles. The standard InChI is InChI=1S/C11H12N4O2/c1-17-15(11(12)13)10(16)9-6-7-4-2-3-5-8(7)14-9/h2-6,14H,1H3,(H3,12,13). The zero-order valence-corrected chi connectivity index (χ0v) is 9.23. The van der Waals surface area contributed by atoms with Crippen LogP contribution in [0.3, 0.4) is 0 Å². The summed E-state index contributed by atoms with van der Waals surface area (Å²) in [7, 11) is 1.28. The van der Waals surface area contributed by atoms with Crippen LogP contribution in [0, 0.1) is 5.41 Å². The van der Waals surface area contributed by atoms with Crippen molar-refractivity contribution in [1.29, 1.82) is 5.41 Å². The highest BCUT2D eigenvalue weighted by molar-refractivity contribution is 6.04. The Kier molecular flexibility index (Phi) is 2.80. The van der Waals surface area contributed by atoms with Crippen molar-refractivity contribution in [2.75, 3.05) is 7.11 Å². The van der Waals surface area contributed by atoms with E-state index < -0.39 is 11.9 Å². The summed E-state index contributed by atoms with van der Waals surface area (Å²) in [6.45, 7) is 0. The van der Waals surface area contributed by atoms with Gasteiger partial charge in [-0.25, -0.2) is 0 Å². The molecule has 1 heterocycles. The Morgan fingerprint density at radius 3 is 2.76 bits per heavy atom. The lowest BCUT2D eigenvalue weighted by atomic mass is 10.2. The lowest BCUT2D eigenvalue weighted by Crippen LogP contribution is -2.40. The number of guanidine groups is 1. The minimum absolute atomic E-state index is 0.322. The predicted octanol–water partition coefficient (Wildman–Crippen LogP) is 1.06. The minimum atomic E-state index is -0.504. The third kappa shape index (κ3) is 1.98. The Bertz CT molecular complexity index is 543. The van der Waals surface area contributed by atoms with E-state index in [0.29, 0.717) is 10.8 Å². The molecule has 0 radical (unpaired) electrons. The van der Waals surface area contributed by atoms with Gasteiger partial charge in [-0.2, -0.15) is 0 Å². The summed E-state index contributed by atoms with van der Waals surface area (Å²) >= 11 is 0.